The molecule has 3 heteroatoms. The van der Waals surface area contributed by atoms with E-state index in [9.17, 15) is 0 Å². The summed E-state index contributed by atoms with van der Waals surface area (Å²) in [5.41, 5.74) is 0. The van der Waals surface area contributed by atoms with Crippen molar-refractivity contribution in [1.29, 1.82) is 0 Å². The lowest BCUT2D eigenvalue weighted by Gasteiger charge is -2.30. The first-order chi connectivity index (χ1) is 7.84. The molecule has 3 unspecified atom stereocenters. The molecule has 0 aromatic carbocycles. The zero-order valence-electron chi connectivity index (χ0n) is 10.5. The first kappa shape index (κ1) is 12.7. The average molecular weight is 242 g/mol. The van der Waals surface area contributed by atoms with E-state index in [1.807, 2.05) is 0 Å². The van der Waals surface area contributed by atoms with Crippen LogP contribution in [0, 0.1) is 0 Å². The standard InChI is InChI=1S/C13H26N2S/c1-11(9-12-5-2-3-7-14-12)15-13-6-4-8-16-10-13/h11-15H,2-10H2,1H3. The molecule has 0 amide bonds. The van der Waals surface area contributed by atoms with Gasteiger partial charge in [0.25, 0.3) is 0 Å². The lowest BCUT2D eigenvalue weighted by atomic mass is 9.98. The monoisotopic (exact) mass is 242 g/mol. The fourth-order valence-electron chi connectivity index (χ4n) is 2.89. The van der Waals surface area contributed by atoms with Crippen molar-refractivity contribution in [2.75, 3.05) is 18.1 Å². The van der Waals surface area contributed by atoms with Crippen LogP contribution in [0.2, 0.25) is 0 Å². The molecule has 2 aliphatic rings. The number of thioether (sulfide) groups is 1. The van der Waals surface area contributed by atoms with Gasteiger partial charge in [-0.3, -0.25) is 0 Å². The van der Waals surface area contributed by atoms with Crippen LogP contribution in [0.4, 0.5) is 0 Å². The van der Waals surface area contributed by atoms with Gasteiger partial charge >= 0.3 is 0 Å². The third kappa shape index (κ3) is 4.27. The lowest BCUT2D eigenvalue weighted by Crippen LogP contribution is -2.44. The van der Waals surface area contributed by atoms with Gasteiger partial charge in [-0.25, -0.2) is 0 Å². The molecule has 2 saturated heterocycles. The largest absolute Gasteiger partial charge is 0.314 e. The van der Waals surface area contributed by atoms with Gasteiger partial charge in [0.1, 0.15) is 0 Å². The van der Waals surface area contributed by atoms with Crippen molar-refractivity contribution in [2.24, 2.45) is 0 Å². The predicted octanol–water partition coefficient (Wildman–Crippen LogP) is 2.39. The number of rotatable bonds is 4. The molecule has 0 aromatic heterocycles. The summed E-state index contributed by atoms with van der Waals surface area (Å²) in [6.45, 7) is 3.59. The quantitative estimate of drug-likeness (QED) is 0.791. The molecule has 2 fully saturated rings. The van der Waals surface area contributed by atoms with Gasteiger partial charge in [0.2, 0.25) is 0 Å². The molecule has 3 atom stereocenters. The minimum atomic E-state index is 0.680. The maximum absolute atomic E-state index is 3.81. The molecule has 2 N–H and O–H groups in total. The van der Waals surface area contributed by atoms with Gasteiger partial charge in [0, 0.05) is 23.9 Å². The van der Waals surface area contributed by atoms with E-state index < -0.39 is 0 Å². The Bertz CT molecular complexity index is 166. The molecule has 2 rings (SSSR count). The van der Waals surface area contributed by atoms with Crippen LogP contribution in [0.1, 0.15) is 45.4 Å². The van der Waals surface area contributed by atoms with Crippen LogP contribution in [-0.2, 0) is 0 Å². The molecule has 2 aliphatic heterocycles. The van der Waals surface area contributed by atoms with E-state index in [0.29, 0.717) is 6.04 Å². The summed E-state index contributed by atoms with van der Waals surface area (Å²) >= 11 is 2.11. The van der Waals surface area contributed by atoms with Gasteiger partial charge in [-0.15, -0.1) is 0 Å². The van der Waals surface area contributed by atoms with Crippen molar-refractivity contribution in [1.82, 2.24) is 10.6 Å². The second-order valence-corrected chi connectivity index (χ2v) is 6.51. The van der Waals surface area contributed by atoms with Crippen LogP contribution in [0.25, 0.3) is 0 Å². The zero-order valence-corrected chi connectivity index (χ0v) is 11.3. The lowest BCUT2D eigenvalue weighted by molar-refractivity contribution is 0.329. The summed E-state index contributed by atoms with van der Waals surface area (Å²) in [6, 6.07) is 2.23. The highest BCUT2D eigenvalue weighted by atomic mass is 32.2. The molecule has 0 radical (unpaired) electrons. The Kier molecular flexibility index (Phi) is 5.46. The van der Waals surface area contributed by atoms with Crippen LogP contribution in [0.5, 0.6) is 0 Å². The Hall–Kier alpha value is 0.270. The Morgan fingerprint density at radius 2 is 2.25 bits per heavy atom. The molecule has 2 nitrogen and oxygen atoms in total. The second-order valence-electron chi connectivity index (χ2n) is 5.36. The highest BCUT2D eigenvalue weighted by Gasteiger charge is 2.19. The van der Waals surface area contributed by atoms with Gasteiger partial charge in [0.15, 0.2) is 0 Å². The topological polar surface area (TPSA) is 24.1 Å². The number of hydrogen-bond donors (Lipinski definition) is 2. The number of nitrogens with one attached hydrogen (secondary N) is 2. The SMILES string of the molecule is CC(CC1CCCCN1)NC1CCCSC1. The summed E-state index contributed by atoms with van der Waals surface area (Å²) in [5, 5.41) is 7.45. The van der Waals surface area contributed by atoms with E-state index in [1.165, 1.54) is 56.6 Å². The van der Waals surface area contributed by atoms with Gasteiger partial charge in [-0.05, 0) is 51.3 Å². The first-order valence-electron chi connectivity index (χ1n) is 6.92. The third-order valence-electron chi connectivity index (χ3n) is 3.73. The molecular formula is C13H26N2S. The van der Waals surface area contributed by atoms with E-state index >= 15 is 0 Å². The van der Waals surface area contributed by atoms with Crippen molar-refractivity contribution in [3.05, 3.63) is 0 Å². The molecule has 0 spiro atoms. The number of hydrogen-bond acceptors (Lipinski definition) is 3. The third-order valence-corrected chi connectivity index (χ3v) is 4.95. The molecule has 94 valence electrons. The number of piperidine rings is 1. The molecule has 16 heavy (non-hydrogen) atoms. The van der Waals surface area contributed by atoms with Crippen molar-refractivity contribution in [2.45, 2.75) is 63.6 Å². The highest BCUT2D eigenvalue weighted by Crippen LogP contribution is 2.18. The summed E-state index contributed by atoms with van der Waals surface area (Å²) in [5.74, 6) is 2.69. The second kappa shape index (κ2) is 6.87. The van der Waals surface area contributed by atoms with Gasteiger partial charge in [0.05, 0.1) is 0 Å². The van der Waals surface area contributed by atoms with Crippen LogP contribution in [0.15, 0.2) is 0 Å². The molecule has 0 aliphatic carbocycles. The average Bonchev–Trinajstić information content (AvgIpc) is 2.31. The van der Waals surface area contributed by atoms with Crippen LogP contribution in [0.3, 0.4) is 0 Å². The van der Waals surface area contributed by atoms with Gasteiger partial charge in [-0.2, -0.15) is 11.8 Å². The summed E-state index contributed by atoms with van der Waals surface area (Å²) < 4.78 is 0. The fourth-order valence-corrected chi connectivity index (χ4v) is 3.98. The molecular weight excluding hydrogens is 216 g/mol. The fraction of sp³-hybridized carbons (Fsp3) is 1.00. The van der Waals surface area contributed by atoms with Gasteiger partial charge < -0.3 is 10.6 Å². The van der Waals surface area contributed by atoms with Crippen molar-refractivity contribution < 1.29 is 0 Å². The minimum Gasteiger partial charge on any atom is -0.314 e. The Morgan fingerprint density at radius 1 is 1.31 bits per heavy atom. The first-order valence-corrected chi connectivity index (χ1v) is 8.07. The van der Waals surface area contributed by atoms with Crippen LogP contribution < -0.4 is 10.6 Å². The van der Waals surface area contributed by atoms with Crippen molar-refractivity contribution >= 4 is 11.8 Å². The summed E-state index contributed by atoms with van der Waals surface area (Å²) in [7, 11) is 0. The molecule has 0 saturated carbocycles. The smallest absolute Gasteiger partial charge is 0.0160 e. The molecule has 0 aromatic rings. The predicted molar refractivity (Wildman–Crippen MR) is 73.2 cm³/mol. The van der Waals surface area contributed by atoms with E-state index in [4.69, 9.17) is 0 Å². The normalized spacial score (nSPS) is 33.6. The van der Waals surface area contributed by atoms with E-state index in [2.05, 4.69) is 29.3 Å². The van der Waals surface area contributed by atoms with E-state index in [-0.39, 0.29) is 0 Å². The van der Waals surface area contributed by atoms with Gasteiger partial charge in [-0.1, -0.05) is 6.42 Å². The Balaban J connectivity index is 1.64. The zero-order chi connectivity index (χ0) is 11.2. The van der Waals surface area contributed by atoms with E-state index in [0.717, 1.165) is 12.1 Å². The van der Waals surface area contributed by atoms with Crippen LogP contribution in [-0.4, -0.2) is 36.2 Å². The van der Waals surface area contributed by atoms with E-state index in [1.54, 1.807) is 0 Å². The molecule has 0 bridgehead atoms. The Morgan fingerprint density at radius 3 is 2.94 bits per heavy atom. The molecule has 2 heterocycles. The summed E-state index contributed by atoms with van der Waals surface area (Å²) in [6.07, 6.45) is 8.26. The maximum Gasteiger partial charge on any atom is 0.0160 e. The maximum atomic E-state index is 3.81. The summed E-state index contributed by atoms with van der Waals surface area (Å²) in [4.78, 5) is 0. The van der Waals surface area contributed by atoms with Crippen LogP contribution >= 0.6 is 11.8 Å². The van der Waals surface area contributed by atoms with Crippen molar-refractivity contribution in [3.63, 3.8) is 0 Å². The Labute approximate surface area is 104 Å². The van der Waals surface area contributed by atoms with Crippen molar-refractivity contribution in [3.8, 4) is 0 Å². The highest BCUT2D eigenvalue weighted by molar-refractivity contribution is 7.99. The minimum absolute atomic E-state index is 0.680.